The quantitative estimate of drug-likeness (QED) is 0.689. The summed E-state index contributed by atoms with van der Waals surface area (Å²) in [4.78, 5) is 9.75. The van der Waals surface area contributed by atoms with Crippen LogP contribution in [0, 0.1) is 16.7 Å². The van der Waals surface area contributed by atoms with E-state index in [-0.39, 0.29) is 11.8 Å². The van der Waals surface area contributed by atoms with E-state index in [4.69, 9.17) is 15.4 Å². The monoisotopic (exact) mass is 425 g/mol. The van der Waals surface area contributed by atoms with Crippen molar-refractivity contribution in [3.63, 3.8) is 0 Å². The number of hydrogen-bond donors (Lipinski definition) is 2. The van der Waals surface area contributed by atoms with Gasteiger partial charge in [0.15, 0.2) is 0 Å². The normalized spacial score (nSPS) is 20.0. The zero-order valence-corrected chi connectivity index (χ0v) is 19.7. The van der Waals surface area contributed by atoms with Crippen LogP contribution in [0.5, 0.6) is 0 Å². The van der Waals surface area contributed by atoms with Crippen molar-refractivity contribution in [3.05, 3.63) is 52.6 Å². The minimum absolute atomic E-state index is 0.148. The maximum atomic E-state index is 9.64. The van der Waals surface area contributed by atoms with Gasteiger partial charge in [-0.15, -0.1) is 0 Å². The van der Waals surface area contributed by atoms with E-state index in [1.165, 1.54) is 0 Å². The zero-order chi connectivity index (χ0) is 23.2. The topological polar surface area (TPSA) is 95.9 Å². The Kier molecular flexibility index (Phi) is 8.26. The number of nitrogens with zero attached hydrogens (tertiary/aromatic N) is 3. The second kappa shape index (κ2) is 10.5. The number of aliphatic imine (C=N–C) groups is 1. The Morgan fingerprint density at radius 2 is 1.87 bits per heavy atom. The van der Waals surface area contributed by atoms with Crippen LogP contribution >= 0.6 is 0 Å². The van der Waals surface area contributed by atoms with Crippen molar-refractivity contribution < 1.29 is 9.68 Å². The third-order valence-electron chi connectivity index (χ3n) is 4.66. The smallest absolute Gasteiger partial charge is 0.205 e. The molecule has 7 heteroatoms. The van der Waals surface area contributed by atoms with Gasteiger partial charge in [0.25, 0.3) is 0 Å². The van der Waals surface area contributed by atoms with Gasteiger partial charge in [-0.05, 0) is 43.4 Å². The van der Waals surface area contributed by atoms with Crippen molar-refractivity contribution in [3.8, 4) is 6.07 Å². The Hall–Kier alpha value is -2.82. The lowest BCUT2D eigenvalue weighted by Crippen LogP contribution is -2.39. The van der Waals surface area contributed by atoms with Crippen LogP contribution in [-0.4, -0.2) is 25.8 Å². The fraction of sp³-hybridized carbons (Fsp3) is 0.500. The first-order chi connectivity index (χ1) is 14.6. The third kappa shape index (κ3) is 6.58. The highest BCUT2D eigenvalue weighted by atomic mass is 16.8. The van der Waals surface area contributed by atoms with Gasteiger partial charge in [0.2, 0.25) is 5.88 Å². The summed E-state index contributed by atoms with van der Waals surface area (Å²) >= 11 is 0. The Morgan fingerprint density at radius 3 is 2.35 bits per heavy atom. The number of ether oxygens (including phenoxy) is 1. The summed E-state index contributed by atoms with van der Waals surface area (Å²) in [5, 5.41) is 11.5. The molecular weight excluding hydrogens is 390 g/mol. The predicted octanol–water partition coefficient (Wildman–Crippen LogP) is 4.56. The van der Waals surface area contributed by atoms with Gasteiger partial charge in [0.1, 0.15) is 17.4 Å². The molecule has 2 aliphatic rings. The fourth-order valence-corrected chi connectivity index (χ4v) is 3.28. The number of anilines is 1. The molecule has 0 spiro atoms. The van der Waals surface area contributed by atoms with E-state index in [1.54, 1.807) is 7.05 Å². The average Bonchev–Trinajstić information content (AvgIpc) is 2.72. The van der Waals surface area contributed by atoms with E-state index in [1.807, 2.05) is 43.2 Å². The first kappa shape index (κ1) is 24.4. The second-order valence-corrected chi connectivity index (χ2v) is 9.24. The standard InChI is InChI=1S/C19H23N5O2.C5H12/c1-12(22-3)17-13(2)25-19(21)16(11-20)18(17)14-5-7-15(8-6-14)24-10-4-9-23-26-24;1-5(2,3)4/h5-8,18,23H,4,9-10,21H2,1-3H3;1-4H3. The lowest BCUT2D eigenvalue weighted by molar-refractivity contribution is -0.00365. The maximum absolute atomic E-state index is 9.64. The molecule has 3 N–H and O–H groups in total. The van der Waals surface area contributed by atoms with Crippen LogP contribution in [0.3, 0.4) is 0 Å². The SMILES string of the molecule is CC(C)(C)C.CN=C(C)C1=C(C)OC(N)=C(C#N)C1c1ccc(N2CCCNO2)cc1. The average molecular weight is 426 g/mol. The molecule has 0 radical (unpaired) electrons. The van der Waals surface area contributed by atoms with Crippen LogP contribution in [0.4, 0.5) is 5.69 Å². The molecule has 1 aromatic carbocycles. The van der Waals surface area contributed by atoms with Crippen LogP contribution < -0.4 is 16.3 Å². The summed E-state index contributed by atoms with van der Waals surface area (Å²) in [5.41, 5.74) is 13.4. The first-order valence-electron chi connectivity index (χ1n) is 10.6. The molecule has 1 fully saturated rings. The Morgan fingerprint density at radius 1 is 1.26 bits per heavy atom. The summed E-state index contributed by atoms with van der Waals surface area (Å²) in [6.07, 6.45) is 1.01. The number of hydroxylamine groups is 2. The van der Waals surface area contributed by atoms with Gasteiger partial charge in [-0.2, -0.15) is 15.7 Å². The van der Waals surface area contributed by atoms with Gasteiger partial charge in [-0.3, -0.25) is 4.99 Å². The van der Waals surface area contributed by atoms with Gasteiger partial charge in [0, 0.05) is 31.4 Å². The number of benzene rings is 1. The van der Waals surface area contributed by atoms with Crippen LogP contribution in [0.15, 0.2) is 52.0 Å². The van der Waals surface area contributed by atoms with E-state index in [2.05, 4.69) is 44.2 Å². The molecule has 1 aromatic rings. The van der Waals surface area contributed by atoms with Crippen molar-refractivity contribution >= 4 is 11.4 Å². The lowest BCUT2D eigenvalue weighted by Gasteiger charge is -2.30. The highest BCUT2D eigenvalue weighted by Crippen LogP contribution is 2.40. The number of hydrogen-bond acceptors (Lipinski definition) is 7. The molecule has 2 aliphatic heterocycles. The summed E-state index contributed by atoms with van der Waals surface area (Å²) in [7, 11) is 1.73. The molecule has 0 bridgehead atoms. The Balaban J connectivity index is 0.000000614. The molecule has 0 aliphatic carbocycles. The highest BCUT2D eigenvalue weighted by Gasteiger charge is 2.32. The van der Waals surface area contributed by atoms with Crippen molar-refractivity contribution in [2.45, 2.75) is 53.9 Å². The van der Waals surface area contributed by atoms with Crippen molar-refractivity contribution in [2.75, 3.05) is 25.2 Å². The molecule has 31 heavy (non-hydrogen) atoms. The van der Waals surface area contributed by atoms with Gasteiger partial charge < -0.3 is 10.5 Å². The number of nitrogens with two attached hydrogens (primary N) is 1. The molecule has 1 saturated heterocycles. The summed E-state index contributed by atoms with van der Waals surface area (Å²) in [5.74, 6) is 0.518. The maximum Gasteiger partial charge on any atom is 0.205 e. The highest BCUT2D eigenvalue weighted by molar-refractivity contribution is 6.01. The number of nitriles is 1. The first-order valence-corrected chi connectivity index (χ1v) is 10.6. The minimum Gasteiger partial charge on any atom is -0.445 e. The van der Waals surface area contributed by atoms with Gasteiger partial charge >= 0.3 is 0 Å². The molecule has 3 rings (SSSR count). The van der Waals surface area contributed by atoms with Gasteiger partial charge in [-0.25, -0.2) is 5.06 Å². The molecule has 1 unspecified atom stereocenters. The molecule has 0 amide bonds. The van der Waals surface area contributed by atoms with Crippen LogP contribution in [0.2, 0.25) is 0 Å². The van der Waals surface area contributed by atoms with Crippen molar-refractivity contribution in [2.24, 2.45) is 16.1 Å². The summed E-state index contributed by atoms with van der Waals surface area (Å²) in [6, 6.07) is 10.1. The molecule has 0 saturated carbocycles. The van der Waals surface area contributed by atoms with E-state index < -0.39 is 0 Å². The Bertz CT molecular complexity index is 889. The zero-order valence-electron chi connectivity index (χ0n) is 19.7. The number of nitrogens with one attached hydrogen (secondary N) is 1. The van der Waals surface area contributed by atoms with E-state index in [0.717, 1.165) is 42.0 Å². The van der Waals surface area contributed by atoms with Crippen LogP contribution in [0.25, 0.3) is 0 Å². The summed E-state index contributed by atoms with van der Waals surface area (Å²) < 4.78 is 5.59. The number of rotatable bonds is 3. The molecule has 1 atom stereocenters. The molecule has 0 aromatic heterocycles. The third-order valence-corrected chi connectivity index (χ3v) is 4.66. The summed E-state index contributed by atoms with van der Waals surface area (Å²) in [6.45, 7) is 14.2. The fourth-order valence-electron chi connectivity index (χ4n) is 3.28. The minimum atomic E-state index is -0.299. The predicted molar refractivity (Wildman–Crippen MR) is 125 cm³/mol. The van der Waals surface area contributed by atoms with E-state index >= 15 is 0 Å². The molecular formula is C24H35N5O2. The lowest BCUT2D eigenvalue weighted by atomic mass is 9.81. The van der Waals surface area contributed by atoms with Crippen molar-refractivity contribution in [1.82, 2.24) is 5.48 Å². The second-order valence-electron chi connectivity index (χ2n) is 9.24. The van der Waals surface area contributed by atoms with Crippen LogP contribution in [-0.2, 0) is 9.68 Å². The van der Waals surface area contributed by atoms with Crippen LogP contribution in [0.1, 0.15) is 59.4 Å². The largest absolute Gasteiger partial charge is 0.445 e. The van der Waals surface area contributed by atoms with Gasteiger partial charge in [0.05, 0.1) is 11.6 Å². The van der Waals surface area contributed by atoms with E-state index in [9.17, 15) is 5.26 Å². The van der Waals surface area contributed by atoms with Crippen molar-refractivity contribution in [1.29, 1.82) is 5.26 Å². The molecule has 7 nitrogen and oxygen atoms in total. The van der Waals surface area contributed by atoms with Gasteiger partial charge in [-0.1, -0.05) is 39.8 Å². The molecule has 2 heterocycles. The molecule has 168 valence electrons. The number of allylic oxidation sites excluding steroid dienone is 3. The van der Waals surface area contributed by atoms with E-state index in [0.29, 0.717) is 16.7 Å². The Labute approximate surface area is 186 Å².